The maximum absolute atomic E-state index is 13.5. The number of carbonyl (C=O) groups excluding carboxylic acids is 1. The van der Waals surface area contributed by atoms with E-state index in [4.69, 9.17) is 4.74 Å². The summed E-state index contributed by atoms with van der Waals surface area (Å²) in [6, 6.07) is -0.0230. The number of ether oxygens (including phenoxy) is 1. The average Bonchev–Trinajstić information content (AvgIpc) is 2.43. The van der Waals surface area contributed by atoms with Crippen LogP contribution in [0.4, 0.5) is 15.0 Å². The van der Waals surface area contributed by atoms with E-state index in [-0.39, 0.29) is 12.1 Å². The van der Waals surface area contributed by atoms with Gasteiger partial charge in [-0.05, 0) is 41.5 Å². The Morgan fingerprint density at radius 2 is 1.87 bits per heavy atom. The maximum Gasteiger partial charge on any atom is 0.410 e. The van der Waals surface area contributed by atoms with Crippen molar-refractivity contribution in [1.29, 1.82) is 0 Å². The van der Waals surface area contributed by atoms with Crippen LogP contribution in [-0.4, -0.2) is 52.5 Å². The van der Waals surface area contributed by atoms with Crippen LogP contribution in [0.5, 0.6) is 0 Å². The summed E-state index contributed by atoms with van der Waals surface area (Å²) in [4.78, 5) is 16.0. The van der Waals surface area contributed by atoms with E-state index in [2.05, 4.69) is 10.2 Å². The number of rotatable bonds is 1. The second-order valence-electron chi connectivity index (χ2n) is 7.03. The van der Waals surface area contributed by atoms with Crippen LogP contribution in [0.1, 0.15) is 38.8 Å². The van der Waals surface area contributed by atoms with E-state index in [0.717, 1.165) is 5.56 Å². The molecule has 2 heterocycles. The molecule has 0 aliphatic carbocycles. The molecule has 0 spiro atoms. The van der Waals surface area contributed by atoms with Crippen molar-refractivity contribution in [3.8, 4) is 0 Å². The molecule has 0 saturated carbocycles. The van der Waals surface area contributed by atoms with Gasteiger partial charge in [0, 0.05) is 36.8 Å². The van der Waals surface area contributed by atoms with Crippen LogP contribution >= 0.6 is 0 Å². The molecule has 1 aliphatic rings. The highest BCUT2D eigenvalue weighted by Crippen LogP contribution is 2.24. The van der Waals surface area contributed by atoms with E-state index >= 15 is 0 Å². The highest BCUT2D eigenvalue weighted by atomic mass is 19.1. The van der Waals surface area contributed by atoms with Gasteiger partial charge in [0.05, 0.1) is 0 Å². The summed E-state index contributed by atoms with van der Waals surface area (Å²) in [6.07, 6.45) is -0.303. The Labute approximate surface area is 136 Å². The van der Waals surface area contributed by atoms with Gasteiger partial charge in [-0.25, -0.2) is 4.79 Å². The topological polar surface area (TPSA) is 58.6 Å². The summed E-state index contributed by atoms with van der Waals surface area (Å²) in [6.45, 7) is 12.8. The van der Waals surface area contributed by atoms with E-state index < -0.39 is 11.5 Å². The lowest BCUT2D eigenvalue weighted by atomic mass is 10.1. The van der Waals surface area contributed by atoms with Crippen LogP contribution in [0.2, 0.25) is 0 Å². The molecule has 0 N–H and O–H groups in total. The summed E-state index contributed by atoms with van der Waals surface area (Å²) in [5.74, 6) is 0.145. The number of halogens is 1. The quantitative estimate of drug-likeness (QED) is 0.795. The van der Waals surface area contributed by atoms with E-state index in [1.54, 1.807) is 11.8 Å². The Kier molecular flexibility index (Phi) is 4.77. The zero-order valence-electron chi connectivity index (χ0n) is 14.7. The lowest BCUT2D eigenvalue weighted by molar-refractivity contribution is 0.0158. The van der Waals surface area contributed by atoms with E-state index in [1.165, 1.54) is 0 Å². The number of hydrogen-bond acceptors (Lipinski definition) is 5. The molecule has 1 saturated heterocycles. The molecule has 23 heavy (non-hydrogen) atoms. The summed E-state index contributed by atoms with van der Waals surface area (Å²) in [7, 11) is 0. The van der Waals surface area contributed by atoms with Gasteiger partial charge in [-0.1, -0.05) is 0 Å². The van der Waals surface area contributed by atoms with Gasteiger partial charge < -0.3 is 14.5 Å². The van der Waals surface area contributed by atoms with Crippen LogP contribution < -0.4 is 4.90 Å². The number of hydrogen-bond donors (Lipinski definition) is 0. The van der Waals surface area contributed by atoms with E-state index in [1.807, 2.05) is 39.5 Å². The standard InChI is InChI=1S/C16H25FN4O2/c1-10-9-20(14-12(3)11(2)13(17)18-19-14)7-8-21(10)15(22)23-16(4,5)6/h10H,7-9H2,1-6H3. The molecule has 0 bridgehead atoms. The third kappa shape index (κ3) is 3.89. The predicted octanol–water partition coefficient (Wildman–Crippen LogP) is 2.68. The SMILES string of the molecule is Cc1c(F)nnc(N2CCN(C(=O)OC(C)(C)C)C(C)C2)c1C. The summed E-state index contributed by atoms with van der Waals surface area (Å²) in [5, 5.41) is 7.57. The second-order valence-corrected chi connectivity index (χ2v) is 7.03. The normalized spacial score (nSPS) is 19.0. The second kappa shape index (κ2) is 6.29. The molecule has 128 valence electrons. The van der Waals surface area contributed by atoms with Crippen LogP contribution in [0.15, 0.2) is 0 Å². The maximum atomic E-state index is 13.5. The van der Waals surface area contributed by atoms with Gasteiger partial charge in [0.15, 0.2) is 5.82 Å². The van der Waals surface area contributed by atoms with Crippen molar-refractivity contribution in [3.63, 3.8) is 0 Å². The molecule has 0 radical (unpaired) electrons. The van der Waals surface area contributed by atoms with Crippen LogP contribution in [0.3, 0.4) is 0 Å². The summed E-state index contributed by atoms with van der Waals surface area (Å²) < 4.78 is 18.9. The molecule has 7 heteroatoms. The zero-order valence-corrected chi connectivity index (χ0v) is 14.7. The van der Waals surface area contributed by atoms with Gasteiger partial charge in [0.1, 0.15) is 5.60 Å². The third-order valence-corrected chi connectivity index (χ3v) is 3.99. The minimum atomic E-state index is -0.535. The van der Waals surface area contributed by atoms with Crippen molar-refractivity contribution in [2.24, 2.45) is 0 Å². The largest absolute Gasteiger partial charge is 0.444 e. The van der Waals surface area contributed by atoms with Gasteiger partial charge in [0.2, 0.25) is 5.95 Å². The van der Waals surface area contributed by atoms with Crippen molar-refractivity contribution in [2.75, 3.05) is 24.5 Å². The Bertz CT molecular complexity index is 600. The van der Waals surface area contributed by atoms with Crippen molar-refractivity contribution in [1.82, 2.24) is 15.1 Å². The zero-order chi connectivity index (χ0) is 17.4. The van der Waals surface area contributed by atoms with Gasteiger partial charge in [0.25, 0.3) is 0 Å². The van der Waals surface area contributed by atoms with Gasteiger partial charge in [-0.3, -0.25) is 0 Å². The Hall–Kier alpha value is -1.92. The Balaban J connectivity index is 2.10. The smallest absolute Gasteiger partial charge is 0.410 e. The minimum Gasteiger partial charge on any atom is -0.444 e. The lowest BCUT2D eigenvalue weighted by Crippen LogP contribution is -2.55. The number of anilines is 1. The molecule has 1 fully saturated rings. The number of amides is 1. The lowest BCUT2D eigenvalue weighted by Gasteiger charge is -2.41. The fourth-order valence-electron chi connectivity index (χ4n) is 2.61. The molecule has 1 unspecified atom stereocenters. The molecule has 1 aromatic rings. The molecule has 0 aromatic carbocycles. The predicted molar refractivity (Wildman–Crippen MR) is 86.1 cm³/mol. The van der Waals surface area contributed by atoms with Crippen LogP contribution in [0, 0.1) is 19.8 Å². The molecule has 1 aliphatic heterocycles. The molecule has 1 aromatic heterocycles. The summed E-state index contributed by atoms with van der Waals surface area (Å²) >= 11 is 0. The van der Waals surface area contributed by atoms with Crippen molar-refractivity contribution in [2.45, 2.75) is 53.2 Å². The molecular formula is C16H25FN4O2. The highest BCUT2D eigenvalue weighted by molar-refractivity contribution is 5.69. The van der Waals surface area contributed by atoms with Crippen molar-refractivity contribution >= 4 is 11.9 Å². The Morgan fingerprint density at radius 3 is 2.43 bits per heavy atom. The molecule has 2 rings (SSSR count). The van der Waals surface area contributed by atoms with Gasteiger partial charge in [-0.15, -0.1) is 10.2 Å². The first-order valence-corrected chi connectivity index (χ1v) is 7.84. The van der Waals surface area contributed by atoms with E-state index in [0.29, 0.717) is 31.0 Å². The highest BCUT2D eigenvalue weighted by Gasteiger charge is 2.32. The number of nitrogens with zero attached hydrogens (tertiary/aromatic N) is 4. The molecular weight excluding hydrogens is 299 g/mol. The first-order chi connectivity index (χ1) is 10.6. The third-order valence-electron chi connectivity index (χ3n) is 3.99. The number of piperazine rings is 1. The first kappa shape index (κ1) is 17.4. The number of carbonyl (C=O) groups is 1. The fraction of sp³-hybridized carbons (Fsp3) is 0.688. The molecule has 1 amide bonds. The number of aromatic nitrogens is 2. The van der Waals surface area contributed by atoms with Gasteiger partial charge >= 0.3 is 6.09 Å². The molecule has 1 atom stereocenters. The van der Waals surface area contributed by atoms with Crippen molar-refractivity contribution in [3.05, 3.63) is 17.1 Å². The van der Waals surface area contributed by atoms with Gasteiger partial charge in [-0.2, -0.15) is 4.39 Å². The van der Waals surface area contributed by atoms with E-state index in [9.17, 15) is 9.18 Å². The minimum absolute atomic E-state index is 0.0230. The average molecular weight is 324 g/mol. The molecule has 6 nitrogen and oxygen atoms in total. The summed E-state index contributed by atoms with van der Waals surface area (Å²) in [5.41, 5.74) is 0.789. The monoisotopic (exact) mass is 324 g/mol. The Morgan fingerprint density at radius 1 is 1.22 bits per heavy atom. The van der Waals surface area contributed by atoms with Crippen LogP contribution in [0.25, 0.3) is 0 Å². The fourth-order valence-corrected chi connectivity index (χ4v) is 2.61. The van der Waals surface area contributed by atoms with Crippen molar-refractivity contribution < 1.29 is 13.9 Å². The van der Waals surface area contributed by atoms with Crippen LogP contribution in [-0.2, 0) is 4.74 Å². The first-order valence-electron chi connectivity index (χ1n) is 7.84.